The van der Waals surface area contributed by atoms with E-state index in [0.717, 1.165) is 0 Å². The Kier molecular flexibility index (Phi) is 3.28. The standard InChI is InChI=1S/C9H4F7NO/c10-6-4(9(14,15)16)2-1-3(8(11,12)13)5(6)7(17)18/h1-2H,(H2,17,18). The number of nitrogens with two attached hydrogens (primary N) is 1. The lowest BCUT2D eigenvalue weighted by atomic mass is 10.0. The van der Waals surface area contributed by atoms with Crippen LogP contribution < -0.4 is 5.73 Å². The Labute approximate surface area is 95.2 Å². The topological polar surface area (TPSA) is 43.1 Å². The number of hydrogen-bond acceptors (Lipinski definition) is 1. The molecule has 1 rings (SSSR count). The SMILES string of the molecule is NC(=O)c1c(C(F)(F)F)ccc(C(F)(F)F)c1F. The second-order valence-electron chi connectivity index (χ2n) is 3.21. The Morgan fingerprint density at radius 2 is 1.33 bits per heavy atom. The van der Waals surface area contributed by atoms with Crippen LogP contribution in [0, 0.1) is 5.82 Å². The highest BCUT2D eigenvalue weighted by atomic mass is 19.4. The monoisotopic (exact) mass is 275 g/mol. The van der Waals surface area contributed by atoms with Crippen LogP contribution in [0.2, 0.25) is 0 Å². The summed E-state index contributed by atoms with van der Waals surface area (Å²) < 4.78 is 87.1. The van der Waals surface area contributed by atoms with E-state index in [2.05, 4.69) is 5.73 Å². The first-order chi connectivity index (χ1) is 7.96. The molecule has 100 valence electrons. The van der Waals surface area contributed by atoms with E-state index in [1.165, 1.54) is 0 Å². The zero-order chi connectivity index (χ0) is 14.3. The van der Waals surface area contributed by atoms with Crippen molar-refractivity contribution in [2.45, 2.75) is 12.4 Å². The molecule has 2 nitrogen and oxygen atoms in total. The minimum atomic E-state index is -5.22. The van der Waals surface area contributed by atoms with Crippen LogP contribution in [0.25, 0.3) is 0 Å². The average Bonchev–Trinajstić information content (AvgIpc) is 2.12. The molecule has 18 heavy (non-hydrogen) atoms. The molecule has 9 heteroatoms. The maximum atomic E-state index is 13.3. The smallest absolute Gasteiger partial charge is 0.365 e. The maximum absolute atomic E-state index is 13.3. The van der Waals surface area contributed by atoms with Gasteiger partial charge in [-0.05, 0) is 12.1 Å². The summed E-state index contributed by atoms with van der Waals surface area (Å²) in [6.45, 7) is 0. The first-order valence-corrected chi connectivity index (χ1v) is 4.23. The molecular formula is C9H4F7NO. The zero-order valence-corrected chi connectivity index (χ0v) is 8.29. The van der Waals surface area contributed by atoms with Crippen molar-refractivity contribution in [2.75, 3.05) is 0 Å². The molecule has 0 saturated heterocycles. The molecule has 0 spiro atoms. The van der Waals surface area contributed by atoms with Gasteiger partial charge < -0.3 is 5.73 Å². The van der Waals surface area contributed by atoms with Crippen LogP contribution in [0.1, 0.15) is 21.5 Å². The first kappa shape index (κ1) is 14.3. The number of amides is 1. The molecule has 1 amide bonds. The highest BCUT2D eigenvalue weighted by molar-refractivity contribution is 5.95. The Morgan fingerprint density at radius 1 is 0.944 bits per heavy atom. The molecule has 0 aliphatic carbocycles. The molecule has 0 bridgehead atoms. The van der Waals surface area contributed by atoms with Crippen LogP contribution in [0.5, 0.6) is 0 Å². The zero-order valence-electron chi connectivity index (χ0n) is 8.29. The number of carbonyl (C=O) groups excluding carboxylic acids is 1. The normalized spacial score (nSPS) is 12.6. The minimum absolute atomic E-state index is 0.0357. The molecule has 0 saturated carbocycles. The average molecular weight is 275 g/mol. The van der Waals surface area contributed by atoms with Gasteiger partial charge in [0.1, 0.15) is 5.82 Å². The molecule has 1 aromatic rings. The van der Waals surface area contributed by atoms with Gasteiger partial charge >= 0.3 is 12.4 Å². The van der Waals surface area contributed by atoms with E-state index in [-0.39, 0.29) is 12.1 Å². The second-order valence-corrected chi connectivity index (χ2v) is 3.21. The van der Waals surface area contributed by atoms with Gasteiger partial charge in [0, 0.05) is 0 Å². The number of rotatable bonds is 1. The van der Waals surface area contributed by atoms with Gasteiger partial charge in [-0.2, -0.15) is 26.3 Å². The highest BCUT2D eigenvalue weighted by Crippen LogP contribution is 2.38. The van der Waals surface area contributed by atoms with Gasteiger partial charge in [0.15, 0.2) is 0 Å². The third-order valence-electron chi connectivity index (χ3n) is 2.00. The number of benzene rings is 1. The number of alkyl halides is 6. The molecule has 0 radical (unpaired) electrons. The summed E-state index contributed by atoms with van der Waals surface area (Å²) in [5.41, 5.74) is -1.17. The van der Waals surface area contributed by atoms with Gasteiger partial charge in [-0.3, -0.25) is 4.79 Å². The molecule has 1 aromatic carbocycles. The van der Waals surface area contributed by atoms with E-state index in [4.69, 9.17) is 0 Å². The predicted molar refractivity (Wildman–Crippen MR) is 44.9 cm³/mol. The Morgan fingerprint density at radius 3 is 1.67 bits per heavy atom. The van der Waals surface area contributed by atoms with Crippen molar-refractivity contribution < 1.29 is 35.5 Å². The van der Waals surface area contributed by atoms with Crippen molar-refractivity contribution in [1.29, 1.82) is 0 Å². The van der Waals surface area contributed by atoms with Crippen LogP contribution in [-0.2, 0) is 12.4 Å². The number of primary amides is 1. The highest BCUT2D eigenvalue weighted by Gasteiger charge is 2.41. The van der Waals surface area contributed by atoms with Gasteiger partial charge in [-0.15, -0.1) is 0 Å². The molecule has 0 heterocycles. The summed E-state index contributed by atoms with van der Waals surface area (Å²) in [5, 5.41) is 0. The Hall–Kier alpha value is -1.80. The van der Waals surface area contributed by atoms with E-state index in [0.29, 0.717) is 0 Å². The molecule has 0 unspecified atom stereocenters. The Balaban J connectivity index is 3.64. The van der Waals surface area contributed by atoms with E-state index in [9.17, 15) is 35.5 Å². The summed E-state index contributed by atoms with van der Waals surface area (Å²) in [6, 6.07) is -0.128. The summed E-state index contributed by atoms with van der Waals surface area (Å²) in [7, 11) is 0. The molecule has 2 N–H and O–H groups in total. The summed E-state index contributed by atoms with van der Waals surface area (Å²) >= 11 is 0. The molecule has 0 aliphatic heterocycles. The predicted octanol–water partition coefficient (Wildman–Crippen LogP) is 2.96. The summed E-state index contributed by atoms with van der Waals surface area (Å²) in [4.78, 5) is 10.7. The summed E-state index contributed by atoms with van der Waals surface area (Å²) in [5.74, 6) is -4.25. The van der Waals surface area contributed by atoms with Crippen LogP contribution in [0.3, 0.4) is 0 Å². The van der Waals surface area contributed by atoms with Gasteiger partial charge in [0.2, 0.25) is 0 Å². The van der Waals surface area contributed by atoms with Gasteiger partial charge in [0.25, 0.3) is 5.91 Å². The fourth-order valence-electron chi connectivity index (χ4n) is 1.27. The number of hydrogen-bond donors (Lipinski definition) is 1. The van der Waals surface area contributed by atoms with Crippen molar-refractivity contribution in [3.8, 4) is 0 Å². The van der Waals surface area contributed by atoms with Crippen LogP contribution in [0.15, 0.2) is 12.1 Å². The van der Waals surface area contributed by atoms with E-state index >= 15 is 0 Å². The van der Waals surface area contributed by atoms with Crippen molar-refractivity contribution in [3.63, 3.8) is 0 Å². The quantitative estimate of drug-likeness (QED) is 0.787. The van der Waals surface area contributed by atoms with E-state index in [1.807, 2.05) is 0 Å². The van der Waals surface area contributed by atoms with Crippen LogP contribution >= 0.6 is 0 Å². The molecular weight excluding hydrogens is 271 g/mol. The van der Waals surface area contributed by atoms with Crippen molar-refractivity contribution in [2.24, 2.45) is 5.73 Å². The molecule has 0 fully saturated rings. The van der Waals surface area contributed by atoms with E-state index in [1.54, 1.807) is 0 Å². The van der Waals surface area contributed by atoms with Crippen LogP contribution in [-0.4, -0.2) is 5.91 Å². The van der Waals surface area contributed by atoms with Crippen LogP contribution in [0.4, 0.5) is 30.7 Å². The second kappa shape index (κ2) is 4.14. The van der Waals surface area contributed by atoms with Crippen molar-refractivity contribution >= 4 is 5.91 Å². The third kappa shape index (κ3) is 2.54. The maximum Gasteiger partial charge on any atom is 0.419 e. The lowest BCUT2D eigenvalue weighted by molar-refractivity contribution is -0.143. The number of halogens is 7. The first-order valence-electron chi connectivity index (χ1n) is 4.23. The van der Waals surface area contributed by atoms with Gasteiger partial charge in [-0.25, -0.2) is 4.39 Å². The lowest BCUT2D eigenvalue weighted by Gasteiger charge is -2.15. The van der Waals surface area contributed by atoms with Gasteiger partial charge in [-0.1, -0.05) is 0 Å². The third-order valence-corrected chi connectivity index (χ3v) is 2.00. The summed E-state index contributed by atoms with van der Waals surface area (Å²) in [6.07, 6.45) is -10.4. The largest absolute Gasteiger partial charge is 0.419 e. The lowest BCUT2D eigenvalue weighted by Crippen LogP contribution is -2.23. The fourth-order valence-corrected chi connectivity index (χ4v) is 1.27. The molecule has 0 aliphatic rings. The van der Waals surface area contributed by atoms with Crippen molar-refractivity contribution in [1.82, 2.24) is 0 Å². The minimum Gasteiger partial charge on any atom is -0.365 e. The fraction of sp³-hybridized carbons (Fsp3) is 0.222. The molecule has 0 atom stereocenters. The molecule has 0 aromatic heterocycles. The van der Waals surface area contributed by atoms with E-state index < -0.39 is 40.8 Å². The van der Waals surface area contributed by atoms with Crippen molar-refractivity contribution in [3.05, 3.63) is 34.6 Å². The number of carbonyl (C=O) groups is 1. The van der Waals surface area contributed by atoms with Gasteiger partial charge in [0.05, 0.1) is 16.7 Å². The Bertz CT molecular complexity index is 489.